The first-order chi connectivity index (χ1) is 10.8. The average Bonchev–Trinajstić information content (AvgIpc) is 2.58. The summed E-state index contributed by atoms with van der Waals surface area (Å²) in [5.41, 5.74) is 1.66. The maximum atomic E-state index is 9.34. The lowest BCUT2D eigenvalue weighted by Gasteiger charge is -2.13. The van der Waals surface area contributed by atoms with E-state index < -0.39 is 0 Å². The summed E-state index contributed by atoms with van der Waals surface area (Å²) in [6.07, 6.45) is 1.89. The minimum atomic E-state index is -0.129. The van der Waals surface area contributed by atoms with Gasteiger partial charge in [0.25, 0.3) is 0 Å². The molecule has 0 unspecified atom stereocenters. The van der Waals surface area contributed by atoms with Crippen LogP contribution in [0.1, 0.15) is 5.56 Å². The van der Waals surface area contributed by atoms with Crippen LogP contribution in [0.5, 0.6) is 0 Å². The Morgan fingerprint density at radius 2 is 1.41 bits per heavy atom. The van der Waals surface area contributed by atoms with Crippen LogP contribution in [0.15, 0.2) is 60.2 Å². The van der Waals surface area contributed by atoms with Gasteiger partial charge in [-0.25, -0.2) is 0 Å². The van der Waals surface area contributed by atoms with Gasteiger partial charge in [0, 0.05) is 0 Å². The van der Waals surface area contributed by atoms with Crippen LogP contribution in [-0.4, -0.2) is 23.4 Å². The number of benzene rings is 4. The van der Waals surface area contributed by atoms with Crippen molar-refractivity contribution in [3.63, 3.8) is 0 Å². The predicted octanol–water partition coefficient (Wildman–Crippen LogP) is 3.95. The zero-order chi connectivity index (χ0) is 15.1. The highest BCUT2D eigenvalue weighted by Crippen LogP contribution is 2.36. The number of hydrogen-bond acceptors (Lipinski definition) is 2. The zero-order valence-corrected chi connectivity index (χ0v) is 12.1. The Morgan fingerprint density at radius 3 is 2.14 bits per heavy atom. The van der Waals surface area contributed by atoms with Gasteiger partial charge in [0.05, 0.1) is 13.2 Å². The topological polar surface area (TPSA) is 40.5 Å². The smallest absolute Gasteiger partial charge is 0.0667 e. The van der Waals surface area contributed by atoms with Crippen LogP contribution in [0.3, 0.4) is 0 Å². The summed E-state index contributed by atoms with van der Waals surface area (Å²) in [5, 5.41) is 26.0. The van der Waals surface area contributed by atoms with Crippen molar-refractivity contribution in [2.45, 2.75) is 0 Å². The molecule has 0 fully saturated rings. The molecule has 4 aromatic rings. The fourth-order valence-electron chi connectivity index (χ4n) is 3.27. The Labute approximate surface area is 128 Å². The number of rotatable bonds is 3. The van der Waals surface area contributed by atoms with Gasteiger partial charge < -0.3 is 10.2 Å². The second-order valence-corrected chi connectivity index (χ2v) is 5.63. The molecular weight excluding hydrogens is 272 g/mol. The normalized spacial score (nSPS) is 11.5. The first-order valence-corrected chi connectivity index (χ1v) is 7.39. The van der Waals surface area contributed by atoms with Gasteiger partial charge in [-0.3, -0.25) is 0 Å². The molecule has 2 heteroatoms. The van der Waals surface area contributed by atoms with Crippen molar-refractivity contribution < 1.29 is 10.2 Å². The fourth-order valence-corrected chi connectivity index (χ4v) is 3.27. The third-order valence-corrected chi connectivity index (χ3v) is 4.31. The van der Waals surface area contributed by atoms with E-state index in [4.69, 9.17) is 0 Å². The van der Waals surface area contributed by atoms with E-state index in [0.717, 1.165) is 10.9 Å². The third-order valence-electron chi connectivity index (χ3n) is 4.31. The lowest BCUT2D eigenvalue weighted by atomic mass is 9.91. The van der Waals surface area contributed by atoms with Gasteiger partial charge in [0.15, 0.2) is 0 Å². The lowest BCUT2D eigenvalue weighted by Crippen LogP contribution is -1.96. The molecule has 0 aliphatic carbocycles. The second-order valence-electron chi connectivity index (χ2n) is 5.63. The van der Waals surface area contributed by atoms with Crippen LogP contribution in [0.4, 0.5) is 0 Å². The van der Waals surface area contributed by atoms with Gasteiger partial charge >= 0.3 is 0 Å². The van der Waals surface area contributed by atoms with Crippen molar-refractivity contribution in [1.82, 2.24) is 0 Å². The number of aliphatic hydroxyl groups is 2. The van der Waals surface area contributed by atoms with Gasteiger partial charge in [-0.2, -0.15) is 0 Å². The van der Waals surface area contributed by atoms with Crippen molar-refractivity contribution in [2.75, 3.05) is 13.2 Å². The second kappa shape index (κ2) is 5.09. The van der Waals surface area contributed by atoms with Crippen LogP contribution >= 0.6 is 0 Å². The Morgan fingerprint density at radius 1 is 0.773 bits per heavy atom. The molecular formula is C20H16O2. The van der Waals surface area contributed by atoms with E-state index in [9.17, 15) is 10.2 Å². The van der Waals surface area contributed by atoms with Crippen LogP contribution in [-0.2, 0) is 0 Å². The fraction of sp³-hybridized carbons (Fsp3) is 0.100. The highest BCUT2D eigenvalue weighted by atomic mass is 16.3. The minimum absolute atomic E-state index is 0.129. The maximum Gasteiger partial charge on any atom is 0.0667 e. The van der Waals surface area contributed by atoms with E-state index >= 15 is 0 Å². The van der Waals surface area contributed by atoms with Gasteiger partial charge in [-0.15, -0.1) is 0 Å². The van der Waals surface area contributed by atoms with Gasteiger partial charge in [0.2, 0.25) is 0 Å². The zero-order valence-electron chi connectivity index (χ0n) is 12.1. The molecule has 0 atom stereocenters. The minimum Gasteiger partial charge on any atom is -0.392 e. The van der Waals surface area contributed by atoms with Crippen molar-refractivity contribution >= 4 is 38.4 Å². The standard InChI is InChI=1S/C20H16O2/c21-11-13(12-22)9-17-10-16-5-1-3-14-7-8-15-4-2-6-18(17)20(15)19(14)16/h1-10,21-22H,11-12H2. The van der Waals surface area contributed by atoms with E-state index in [2.05, 4.69) is 54.6 Å². The summed E-state index contributed by atoms with van der Waals surface area (Å²) in [7, 11) is 0. The Hall–Kier alpha value is -2.42. The lowest BCUT2D eigenvalue weighted by molar-refractivity contribution is 0.278. The molecule has 0 spiro atoms. The van der Waals surface area contributed by atoms with E-state index in [-0.39, 0.29) is 13.2 Å². The quantitative estimate of drug-likeness (QED) is 0.560. The average molecular weight is 288 g/mol. The number of aliphatic hydroxyl groups excluding tert-OH is 2. The molecule has 4 aromatic carbocycles. The summed E-state index contributed by atoms with van der Waals surface area (Å²) in [5.74, 6) is 0. The first kappa shape index (κ1) is 13.3. The highest BCUT2D eigenvalue weighted by molar-refractivity contribution is 6.24. The molecule has 4 rings (SSSR count). The molecule has 2 N–H and O–H groups in total. The summed E-state index contributed by atoms with van der Waals surface area (Å²) in [4.78, 5) is 0. The van der Waals surface area contributed by atoms with Crippen molar-refractivity contribution in [1.29, 1.82) is 0 Å². The van der Waals surface area contributed by atoms with Crippen LogP contribution in [0.2, 0.25) is 0 Å². The van der Waals surface area contributed by atoms with E-state index in [1.807, 2.05) is 6.08 Å². The summed E-state index contributed by atoms with van der Waals surface area (Å²) >= 11 is 0. The third kappa shape index (κ3) is 1.89. The van der Waals surface area contributed by atoms with E-state index in [1.54, 1.807) is 0 Å². The van der Waals surface area contributed by atoms with Crippen LogP contribution in [0, 0.1) is 0 Å². The first-order valence-electron chi connectivity index (χ1n) is 7.39. The molecule has 0 saturated carbocycles. The van der Waals surface area contributed by atoms with Crippen molar-refractivity contribution in [3.05, 3.63) is 65.7 Å². The molecule has 0 heterocycles. The Bertz CT molecular complexity index is 993. The van der Waals surface area contributed by atoms with Crippen molar-refractivity contribution in [3.8, 4) is 0 Å². The largest absolute Gasteiger partial charge is 0.392 e. The Balaban J connectivity index is 2.20. The summed E-state index contributed by atoms with van der Waals surface area (Å²) in [6.45, 7) is -0.259. The number of hydrogen-bond donors (Lipinski definition) is 2. The molecule has 0 aliphatic heterocycles. The maximum absolute atomic E-state index is 9.34. The highest BCUT2D eigenvalue weighted by Gasteiger charge is 2.10. The van der Waals surface area contributed by atoms with Crippen LogP contribution < -0.4 is 0 Å². The molecule has 22 heavy (non-hydrogen) atoms. The molecule has 2 nitrogen and oxygen atoms in total. The summed E-state index contributed by atoms with van der Waals surface area (Å²) < 4.78 is 0. The monoisotopic (exact) mass is 288 g/mol. The molecule has 108 valence electrons. The van der Waals surface area contributed by atoms with Gasteiger partial charge in [-0.1, -0.05) is 54.6 Å². The summed E-state index contributed by atoms with van der Waals surface area (Å²) in [6, 6.07) is 19.0. The SMILES string of the molecule is OCC(=Cc1cc2cccc3ccc4cccc1c4c32)CO. The molecule has 0 amide bonds. The molecule has 0 aliphatic rings. The predicted molar refractivity (Wildman–Crippen MR) is 92.3 cm³/mol. The molecule has 0 aromatic heterocycles. The van der Waals surface area contributed by atoms with Crippen LogP contribution in [0.25, 0.3) is 38.4 Å². The van der Waals surface area contributed by atoms with Crippen molar-refractivity contribution in [2.24, 2.45) is 0 Å². The van der Waals surface area contributed by atoms with E-state index in [0.29, 0.717) is 5.57 Å². The van der Waals surface area contributed by atoms with Gasteiger partial charge in [0.1, 0.15) is 0 Å². The Kier molecular flexibility index (Phi) is 3.07. The van der Waals surface area contributed by atoms with Gasteiger partial charge in [-0.05, 0) is 49.5 Å². The van der Waals surface area contributed by atoms with E-state index in [1.165, 1.54) is 26.9 Å². The molecule has 0 bridgehead atoms. The molecule has 0 saturated heterocycles. The molecule has 0 radical (unpaired) electrons.